The number of carboxylic acid groups (broad SMARTS) is 1. The summed E-state index contributed by atoms with van der Waals surface area (Å²) in [7, 11) is 1.61. The average Bonchev–Trinajstić information content (AvgIpc) is 3.22. The quantitative estimate of drug-likeness (QED) is 0.596. The van der Waals surface area contributed by atoms with Gasteiger partial charge >= 0.3 is 5.97 Å². The van der Waals surface area contributed by atoms with Crippen LogP contribution < -0.4 is 4.74 Å². The number of aromatic hydroxyl groups is 1. The van der Waals surface area contributed by atoms with Crippen molar-refractivity contribution in [3.05, 3.63) is 62.4 Å². The van der Waals surface area contributed by atoms with Crippen molar-refractivity contribution >= 4 is 53.1 Å². The summed E-state index contributed by atoms with van der Waals surface area (Å²) in [5.74, 6) is -0.289. The Labute approximate surface area is 169 Å². The third-order valence-electron chi connectivity index (χ3n) is 4.33. The molecule has 1 aliphatic rings. The van der Waals surface area contributed by atoms with E-state index in [4.69, 9.17) is 22.1 Å². The Balaban J connectivity index is 1.76. The fraction of sp³-hybridized carbons (Fsp3) is 0.0500. The minimum absolute atomic E-state index is 0.00433. The molecule has 0 atom stereocenters. The van der Waals surface area contributed by atoms with Crippen LogP contribution in [0.2, 0.25) is 0 Å². The summed E-state index contributed by atoms with van der Waals surface area (Å²) in [6.45, 7) is 0. The Hall–Kier alpha value is -3.23. The van der Waals surface area contributed by atoms with Gasteiger partial charge in [-0.3, -0.25) is 9.56 Å². The third-order valence-corrected chi connectivity index (χ3v) is 5.64. The Bertz CT molecular complexity index is 1200. The van der Waals surface area contributed by atoms with Crippen molar-refractivity contribution < 1.29 is 19.7 Å². The molecule has 0 amide bonds. The molecule has 4 rings (SSSR count). The predicted molar refractivity (Wildman–Crippen MR) is 112 cm³/mol. The first-order valence-electron chi connectivity index (χ1n) is 8.20. The minimum Gasteiger partial charge on any atom is -0.497 e. The lowest BCUT2D eigenvalue weighted by atomic mass is 10.1. The summed E-state index contributed by atoms with van der Waals surface area (Å²) >= 11 is 6.67. The lowest BCUT2D eigenvalue weighted by Crippen LogP contribution is -1.98. The van der Waals surface area contributed by atoms with Crippen LogP contribution >= 0.6 is 23.6 Å². The van der Waals surface area contributed by atoms with Gasteiger partial charge in [-0.25, -0.2) is 4.79 Å². The van der Waals surface area contributed by atoms with Crippen LogP contribution in [0.3, 0.4) is 0 Å². The first-order chi connectivity index (χ1) is 13.5. The molecular weight excluding hydrogens is 396 g/mol. The molecular formula is C20H14N2O4S2. The van der Waals surface area contributed by atoms with Gasteiger partial charge in [0.1, 0.15) is 5.75 Å². The first-order valence-corrected chi connectivity index (χ1v) is 9.43. The maximum atomic E-state index is 11.0. The SMILES string of the molecule is COc1ccc2c(c1)C(=Cc1sc(=S)n(-c3ccc(C(=O)O)cc3)c1O)C=N2. The highest BCUT2D eigenvalue weighted by molar-refractivity contribution is 7.73. The second kappa shape index (κ2) is 7.06. The number of aromatic nitrogens is 1. The largest absolute Gasteiger partial charge is 0.497 e. The van der Waals surface area contributed by atoms with Gasteiger partial charge in [-0.2, -0.15) is 0 Å². The summed E-state index contributed by atoms with van der Waals surface area (Å²) in [6.07, 6.45) is 3.56. The molecule has 140 valence electrons. The maximum absolute atomic E-state index is 11.0. The molecule has 0 radical (unpaired) electrons. The molecule has 2 N–H and O–H groups in total. The molecule has 0 saturated carbocycles. The fourth-order valence-electron chi connectivity index (χ4n) is 2.91. The molecule has 2 aromatic carbocycles. The second-order valence-electron chi connectivity index (χ2n) is 5.98. The van der Waals surface area contributed by atoms with Crippen molar-refractivity contribution in [1.29, 1.82) is 0 Å². The van der Waals surface area contributed by atoms with Gasteiger partial charge in [-0.05, 0) is 60.8 Å². The Morgan fingerprint density at radius 1 is 1.25 bits per heavy atom. The van der Waals surface area contributed by atoms with Crippen molar-refractivity contribution in [2.24, 2.45) is 4.99 Å². The van der Waals surface area contributed by atoms with Gasteiger partial charge in [-0.15, -0.1) is 11.3 Å². The van der Waals surface area contributed by atoms with Crippen LogP contribution in [-0.4, -0.2) is 34.1 Å². The fourth-order valence-corrected chi connectivity index (χ4v) is 4.21. The van der Waals surface area contributed by atoms with E-state index in [-0.39, 0.29) is 11.4 Å². The molecule has 0 bridgehead atoms. The van der Waals surface area contributed by atoms with E-state index < -0.39 is 5.97 Å². The summed E-state index contributed by atoms with van der Waals surface area (Å²) in [5.41, 5.74) is 3.35. The molecule has 0 fully saturated rings. The molecule has 8 heteroatoms. The van der Waals surface area contributed by atoms with E-state index in [1.165, 1.54) is 28.0 Å². The normalized spacial score (nSPS) is 13.7. The van der Waals surface area contributed by atoms with Crippen molar-refractivity contribution in [3.8, 4) is 17.3 Å². The number of aliphatic imine (C=N–C) groups is 1. The predicted octanol–water partition coefficient (Wildman–Crippen LogP) is 4.94. The van der Waals surface area contributed by atoms with Crippen molar-refractivity contribution in [3.63, 3.8) is 0 Å². The van der Waals surface area contributed by atoms with Gasteiger partial charge in [0, 0.05) is 17.4 Å². The number of hydrogen-bond acceptors (Lipinski definition) is 6. The maximum Gasteiger partial charge on any atom is 0.335 e. The molecule has 1 aliphatic heterocycles. The number of nitrogens with zero attached hydrogens (tertiary/aromatic N) is 2. The number of benzene rings is 2. The van der Waals surface area contributed by atoms with Crippen LogP contribution in [0.1, 0.15) is 20.8 Å². The van der Waals surface area contributed by atoms with Gasteiger partial charge in [0.05, 0.1) is 28.9 Å². The number of carbonyl (C=O) groups is 1. The number of fused-ring (bicyclic) bond motifs is 1. The standard InChI is InChI=1S/C20H14N2O4S2/c1-26-14-6-7-16-15(9-14)12(10-21-16)8-17-18(23)22(20(27)28-17)13-4-2-11(3-5-13)19(24)25/h2-10,23H,1H3,(H,24,25). The van der Waals surface area contributed by atoms with Gasteiger partial charge in [0.15, 0.2) is 3.95 Å². The van der Waals surface area contributed by atoms with E-state index in [9.17, 15) is 9.90 Å². The van der Waals surface area contributed by atoms with Crippen LogP contribution in [0, 0.1) is 3.95 Å². The molecule has 6 nitrogen and oxygen atoms in total. The van der Waals surface area contributed by atoms with Crippen LogP contribution in [-0.2, 0) is 0 Å². The molecule has 0 spiro atoms. The van der Waals surface area contributed by atoms with E-state index in [1.807, 2.05) is 24.3 Å². The number of rotatable bonds is 4. The number of allylic oxidation sites excluding steroid dienone is 1. The second-order valence-corrected chi connectivity index (χ2v) is 7.66. The van der Waals surface area contributed by atoms with Crippen LogP contribution in [0.15, 0.2) is 47.5 Å². The highest BCUT2D eigenvalue weighted by Gasteiger charge is 2.17. The van der Waals surface area contributed by atoms with E-state index in [0.717, 1.165) is 22.6 Å². The van der Waals surface area contributed by atoms with E-state index in [2.05, 4.69) is 4.99 Å². The van der Waals surface area contributed by atoms with Crippen LogP contribution in [0.25, 0.3) is 17.3 Å². The first kappa shape index (κ1) is 18.1. The van der Waals surface area contributed by atoms with E-state index in [1.54, 1.807) is 25.5 Å². The summed E-state index contributed by atoms with van der Waals surface area (Å²) in [4.78, 5) is 16.0. The average molecular weight is 410 g/mol. The number of aromatic carboxylic acids is 1. The molecule has 0 saturated heterocycles. The number of carboxylic acids is 1. The van der Waals surface area contributed by atoms with Crippen molar-refractivity contribution in [2.75, 3.05) is 7.11 Å². The topological polar surface area (TPSA) is 84.0 Å². The van der Waals surface area contributed by atoms with Crippen molar-refractivity contribution in [2.45, 2.75) is 0 Å². The molecule has 3 aromatic rings. The number of ether oxygens (including phenoxy) is 1. The number of methoxy groups -OCH3 is 1. The molecule has 2 heterocycles. The van der Waals surface area contributed by atoms with Gasteiger partial charge in [0.2, 0.25) is 5.88 Å². The zero-order chi connectivity index (χ0) is 19.8. The Morgan fingerprint density at radius 3 is 2.68 bits per heavy atom. The highest BCUT2D eigenvalue weighted by Crippen LogP contribution is 2.38. The van der Waals surface area contributed by atoms with Crippen LogP contribution in [0.5, 0.6) is 11.6 Å². The molecule has 0 unspecified atom stereocenters. The number of hydrogen-bond donors (Lipinski definition) is 2. The Kier molecular flexibility index (Phi) is 4.58. The van der Waals surface area contributed by atoms with Crippen molar-refractivity contribution in [1.82, 2.24) is 4.57 Å². The van der Waals surface area contributed by atoms with Gasteiger partial charge < -0.3 is 14.9 Å². The molecule has 0 aliphatic carbocycles. The monoisotopic (exact) mass is 410 g/mol. The molecule has 28 heavy (non-hydrogen) atoms. The Morgan fingerprint density at radius 2 is 2.00 bits per heavy atom. The summed E-state index contributed by atoms with van der Waals surface area (Å²) < 4.78 is 7.24. The van der Waals surface area contributed by atoms with Crippen LogP contribution in [0.4, 0.5) is 5.69 Å². The lowest BCUT2D eigenvalue weighted by Gasteiger charge is -2.06. The lowest BCUT2D eigenvalue weighted by molar-refractivity contribution is 0.0697. The van der Waals surface area contributed by atoms with Gasteiger partial charge in [-0.1, -0.05) is 0 Å². The van der Waals surface area contributed by atoms with E-state index in [0.29, 0.717) is 14.5 Å². The van der Waals surface area contributed by atoms with Gasteiger partial charge in [0.25, 0.3) is 0 Å². The smallest absolute Gasteiger partial charge is 0.335 e. The number of thiazole rings is 1. The highest BCUT2D eigenvalue weighted by atomic mass is 32.1. The zero-order valence-corrected chi connectivity index (χ0v) is 16.3. The third kappa shape index (κ3) is 3.12. The molecule has 1 aromatic heterocycles. The zero-order valence-electron chi connectivity index (χ0n) is 14.6. The van der Waals surface area contributed by atoms with E-state index >= 15 is 0 Å². The summed E-state index contributed by atoms with van der Waals surface area (Å²) in [5, 5.41) is 19.8. The summed E-state index contributed by atoms with van der Waals surface area (Å²) in [6, 6.07) is 11.8. The minimum atomic E-state index is -1.01.